The third kappa shape index (κ3) is 3.75. The second-order valence-corrected chi connectivity index (χ2v) is 8.28. The van der Waals surface area contributed by atoms with E-state index in [0.29, 0.717) is 6.42 Å². The van der Waals surface area contributed by atoms with Gasteiger partial charge >= 0.3 is 6.03 Å². The zero-order valence-electron chi connectivity index (χ0n) is 16.6. The normalized spacial score (nSPS) is 25.9. The van der Waals surface area contributed by atoms with Gasteiger partial charge in [-0.3, -0.25) is 14.5 Å². The summed E-state index contributed by atoms with van der Waals surface area (Å²) in [7, 11) is 0. The van der Waals surface area contributed by atoms with Crippen molar-refractivity contribution in [2.45, 2.75) is 58.0 Å². The van der Waals surface area contributed by atoms with Crippen LogP contribution in [0.1, 0.15) is 58.1 Å². The van der Waals surface area contributed by atoms with Gasteiger partial charge in [-0.2, -0.15) is 0 Å². The van der Waals surface area contributed by atoms with E-state index in [4.69, 9.17) is 0 Å². The van der Waals surface area contributed by atoms with E-state index in [2.05, 4.69) is 10.6 Å². The molecule has 0 radical (unpaired) electrons. The monoisotopic (exact) mass is 389 g/mol. The highest BCUT2D eigenvalue weighted by molar-refractivity contribution is 6.09. The first-order valence-electron chi connectivity index (χ1n) is 9.93. The molecule has 7 heteroatoms. The smallest absolute Gasteiger partial charge is 0.325 e. The van der Waals surface area contributed by atoms with Crippen molar-refractivity contribution in [2.75, 3.05) is 6.54 Å². The number of nitrogens with zero attached hydrogens (tertiary/aromatic N) is 1. The van der Waals surface area contributed by atoms with Crippen molar-refractivity contribution in [3.05, 3.63) is 35.6 Å². The van der Waals surface area contributed by atoms with E-state index >= 15 is 0 Å². The molecule has 28 heavy (non-hydrogen) atoms. The van der Waals surface area contributed by atoms with Crippen LogP contribution in [-0.2, 0) is 9.59 Å². The molecule has 3 atom stereocenters. The van der Waals surface area contributed by atoms with Gasteiger partial charge < -0.3 is 10.6 Å². The summed E-state index contributed by atoms with van der Waals surface area (Å²) in [5.41, 5.74) is -0.0939. The van der Waals surface area contributed by atoms with Crippen molar-refractivity contribution >= 4 is 17.8 Å². The zero-order valence-corrected chi connectivity index (χ0v) is 16.6. The highest BCUT2D eigenvalue weighted by atomic mass is 19.1. The minimum atomic E-state index is -0.871. The van der Waals surface area contributed by atoms with E-state index in [0.717, 1.165) is 29.7 Å². The molecule has 0 aromatic heterocycles. The van der Waals surface area contributed by atoms with Gasteiger partial charge in [0, 0.05) is 0 Å². The first-order chi connectivity index (χ1) is 13.2. The van der Waals surface area contributed by atoms with Gasteiger partial charge in [0.25, 0.3) is 5.91 Å². The quantitative estimate of drug-likeness (QED) is 0.760. The van der Waals surface area contributed by atoms with E-state index in [9.17, 15) is 18.8 Å². The van der Waals surface area contributed by atoms with E-state index in [1.807, 2.05) is 20.8 Å². The Morgan fingerprint density at radius 1 is 1.29 bits per heavy atom. The highest BCUT2D eigenvalue weighted by Gasteiger charge is 2.55. The summed E-state index contributed by atoms with van der Waals surface area (Å²) >= 11 is 0. The number of carbonyl (C=O) groups excluding carboxylic acids is 3. The Bertz CT molecular complexity index is 765. The Morgan fingerprint density at radius 2 is 1.96 bits per heavy atom. The summed E-state index contributed by atoms with van der Waals surface area (Å²) in [5.74, 6) is -0.950. The Morgan fingerprint density at radius 3 is 2.57 bits per heavy atom. The molecule has 1 spiro atoms. The number of carbonyl (C=O) groups is 3. The Balaban J connectivity index is 1.70. The van der Waals surface area contributed by atoms with Crippen LogP contribution in [0.25, 0.3) is 0 Å². The topological polar surface area (TPSA) is 78.5 Å². The predicted molar refractivity (Wildman–Crippen MR) is 103 cm³/mol. The van der Waals surface area contributed by atoms with Crippen LogP contribution in [0.4, 0.5) is 9.18 Å². The van der Waals surface area contributed by atoms with Crippen molar-refractivity contribution in [1.29, 1.82) is 0 Å². The number of benzene rings is 1. The van der Waals surface area contributed by atoms with Crippen molar-refractivity contribution in [1.82, 2.24) is 15.5 Å². The van der Waals surface area contributed by atoms with Crippen molar-refractivity contribution in [3.8, 4) is 0 Å². The molecule has 1 aliphatic carbocycles. The largest absolute Gasteiger partial charge is 0.347 e. The molecule has 2 N–H and O–H groups in total. The van der Waals surface area contributed by atoms with Crippen molar-refractivity contribution in [3.63, 3.8) is 0 Å². The molecule has 1 saturated heterocycles. The van der Waals surface area contributed by atoms with E-state index in [-0.39, 0.29) is 36.1 Å². The number of imide groups is 1. The molecule has 1 aromatic rings. The second kappa shape index (κ2) is 7.89. The summed E-state index contributed by atoms with van der Waals surface area (Å²) < 4.78 is 13.2. The second-order valence-electron chi connectivity index (χ2n) is 8.28. The summed E-state index contributed by atoms with van der Waals surface area (Å²) in [6, 6.07) is 5.12. The fourth-order valence-corrected chi connectivity index (χ4v) is 4.31. The first-order valence-corrected chi connectivity index (χ1v) is 9.93. The maximum atomic E-state index is 13.2. The molecule has 1 saturated carbocycles. The van der Waals surface area contributed by atoms with Gasteiger partial charge in [0.2, 0.25) is 5.91 Å². The molecule has 6 nitrogen and oxygen atoms in total. The molecule has 1 aliphatic heterocycles. The summed E-state index contributed by atoms with van der Waals surface area (Å²) in [6.45, 7) is 5.55. The number of urea groups is 1. The molecule has 2 fully saturated rings. The van der Waals surface area contributed by atoms with Gasteiger partial charge in [-0.05, 0) is 42.4 Å². The molecule has 152 valence electrons. The Kier molecular flexibility index (Phi) is 5.72. The van der Waals surface area contributed by atoms with Crippen LogP contribution in [0.15, 0.2) is 24.3 Å². The molecule has 4 amide bonds. The van der Waals surface area contributed by atoms with Gasteiger partial charge in [0.1, 0.15) is 17.9 Å². The van der Waals surface area contributed by atoms with Gasteiger partial charge in [0.15, 0.2) is 0 Å². The number of amides is 4. The van der Waals surface area contributed by atoms with Crippen LogP contribution >= 0.6 is 0 Å². The first kappa shape index (κ1) is 20.3. The van der Waals surface area contributed by atoms with Gasteiger partial charge in [0.05, 0.1) is 6.04 Å². The summed E-state index contributed by atoms with van der Waals surface area (Å²) in [6.07, 6.45) is 3.42. The molecule has 0 unspecified atom stereocenters. The van der Waals surface area contributed by atoms with Crippen LogP contribution in [0, 0.1) is 17.7 Å². The SMILES string of the molecule is CC(C)[C@H](NC(=O)CN1C(=O)N[C@]2(CCCC[C@H]2C)C1=O)c1ccc(F)cc1. The van der Waals surface area contributed by atoms with Gasteiger partial charge in [-0.15, -0.1) is 0 Å². The molecular formula is C21H28FN3O3. The average molecular weight is 389 g/mol. The lowest BCUT2D eigenvalue weighted by Crippen LogP contribution is -2.54. The van der Waals surface area contributed by atoms with E-state index < -0.39 is 17.5 Å². The van der Waals surface area contributed by atoms with Gasteiger partial charge in [-0.1, -0.05) is 45.7 Å². The van der Waals surface area contributed by atoms with Crippen LogP contribution in [0.3, 0.4) is 0 Å². The number of halogens is 1. The van der Waals surface area contributed by atoms with Crippen LogP contribution in [-0.4, -0.2) is 34.8 Å². The molecule has 2 aliphatic rings. The maximum absolute atomic E-state index is 13.2. The van der Waals surface area contributed by atoms with Crippen LogP contribution in [0.2, 0.25) is 0 Å². The minimum Gasteiger partial charge on any atom is -0.347 e. The lowest BCUT2D eigenvalue weighted by atomic mass is 9.73. The minimum absolute atomic E-state index is 0.0494. The van der Waals surface area contributed by atoms with Crippen LogP contribution < -0.4 is 10.6 Å². The number of nitrogens with one attached hydrogen (secondary N) is 2. The number of hydrogen-bond acceptors (Lipinski definition) is 3. The van der Waals surface area contributed by atoms with Crippen molar-refractivity contribution in [2.24, 2.45) is 11.8 Å². The maximum Gasteiger partial charge on any atom is 0.325 e. The van der Waals surface area contributed by atoms with E-state index in [1.165, 1.54) is 12.1 Å². The zero-order chi connectivity index (χ0) is 20.5. The summed E-state index contributed by atoms with van der Waals surface area (Å²) in [5, 5.41) is 5.74. The fourth-order valence-electron chi connectivity index (χ4n) is 4.31. The van der Waals surface area contributed by atoms with Gasteiger partial charge in [-0.25, -0.2) is 9.18 Å². The fraction of sp³-hybridized carbons (Fsp3) is 0.571. The molecule has 1 heterocycles. The Hall–Kier alpha value is -2.44. The molecule has 1 aromatic carbocycles. The lowest BCUT2D eigenvalue weighted by molar-refractivity contribution is -0.137. The lowest BCUT2D eigenvalue weighted by Gasteiger charge is -2.36. The average Bonchev–Trinajstić information content (AvgIpc) is 2.88. The number of rotatable bonds is 5. The van der Waals surface area contributed by atoms with Crippen molar-refractivity contribution < 1.29 is 18.8 Å². The molecule has 3 rings (SSSR count). The predicted octanol–water partition coefficient (Wildman–Crippen LogP) is 3.14. The summed E-state index contributed by atoms with van der Waals surface area (Å²) in [4.78, 5) is 39.1. The Labute approximate surface area is 164 Å². The van der Waals surface area contributed by atoms with E-state index in [1.54, 1.807) is 12.1 Å². The third-order valence-corrected chi connectivity index (χ3v) is 6.02. The highest BCUT2D eigenvalue weighted by Crippen LogP contribution is 2.38. The van der Waals surface area contributed by atoms with Crippen LogP contribution in [0.5, 0.6) is 0 Å². The molecule has 0 bridgehead atoms. The third-order valence-electron chi connectivity index (χ3n) is 6.02. The number of hydrogen-bond donors (Lipinski definition) is 2. The molecular weight excluding hydrogens is 361 g/mol. The standard InChI is InChI=1S/C21H28FN3O3/c1-13(2)18(15-7-9-16(22)10-8-15)23-17(26)12-25-19(27)21(24-20(25)28)11-5-4-6-14(21)3/h7-10,13-14,18H,4-6,11-12H2,1-3H3,(H,23,26)(H,24,28)/t14-,18+,21+/m1/s1.